The fraction of sp³-hybridized carbons (Fsp3) is 0.263. The summed E-state index contributed by atoms with van der Waals surface area (Å²) in [6.45, 7) is 2.82. The van der Waals surface area contributed by atoms with Crippen LogP contribution in [-0.2, 0) is 0 Å². The second kappa shape index (κ2) is 8.54. The molecule has 1 aliphatic rings. The number of Topliss-reactive ketones (excluding diaryl/α,β-unsaturated/α-hetero) is 1. The summed E-state index contributed by atoms with van der Waals surface area (Å²) in [5.74, 6) is 0.0562. The Hall–Kier alpha value is -2.08. The monoisotopic (exact) mass is 391 g/mol. The van der Waals surface area contributed by atoms with E-state index in [-0.39, 0.29) is 11.8 Å². The van der Waals surface area contributed by atoms with Crippen molar-refractivity contribution in [1.82, 2.24) is 9.80 Å². The highest BCUT2D eigenvalue weighted by atomic mass is 35.5. The number of piperazine rings is 1. The number of carbonyl (C=O) groups is 2. The van der Waals surface area contributed by atoms with Crippen LogP contribution in [0, 0.1) is 0 Å². The third kappa shape index (κ3) is 4.97. The van der Waals surface area contributed by atoms with Gasteiger partial charge in [-0.1, -0.05) is 23.2 Å². The molecule has 7 heteroatoms. The number of hydrogen-bond acceptors (Lipinski definition) is 3. The third-order valence-corrected chi connectivity index (χ3v) is 4.79. The van der Waals surface area contributed by atoms with Crippen LogP contribution in [0.4, 0.5) is 10.5 Å². The predicted octanol–water partition coefficient (Wildman–Crippen LogP) is 4.03. The van der Waals surface area contributed by atoms with E-state index in [1.54, 1.807) is 53.4 Å². The summed E-state index contributed by atoms with van der Waals surface area (Å²) in [5, 5.41) is 4.10. The van der Waals surface area contributed by atoms with Crippen molar-refractivity contribution in [2.24, 2.45) is 0 Å². The zero-order chi connectivity index (χ0) is 18.5. The van der Waals surface area contributed by atoms with E-state index in [1.165, 1.54) is 0 Å². The molecule has 1 aliphatic heterocycles. The van der Waals surface area contributed by atoms with Gasteiger partial charge < -0.3 is 10.2 Å². The Bertz CT molecular complexity index is 770. The van der Waals surface area contributed by atoms with E-state index in [1.807, 2.05) is 0 Å². The van der Waals surface area contributed by atoms with Gasteiger partial charge in [-0.25, -0.2) is 4.79 Å². The largest absolute Gasteiger partial charge is 0.322 e. The zero-order valence-corrected chi connectivity index (χ0v) is 15.6. The van der Waals surface area contributed by atoms with E-state index in [0.717, 1.165) is 0 Å². The van der Waals surface area contributed by atoms with Crippen molar-refractivity contribution < 1.29 is 9.59 Å². The lowest BCUT2D eigenvalue weighted by atomic mass is 10.1. The Morgan fingerprint density at radius 2 is 1.38 bits per heavy atom. The maximum atomic E-state index is 12.3. The van der Waals surface area contributed by atoms with E-state index in [0.29, 0.717) is 54.0 Å². The highest BCUT2D eigenvalue weighted by molar-refractivity contribution is 6.31. The topological polar surface area (TPSA) is 52.7 Å². The molecule has 1 heterocycles. The van der Waals surface area contributed by atoms with Gasteiger partial charge in [0.2, 0.25) is 0 Å². The minimum atomic E-state index is -0.143. The normalized spacial score (nSPS) is 14.9. The lowest BCUT2D eigenvalue weighted by molar-refractivity contribution is 0.0884. The first-order valence-corrected chi connectivity index (χ1v) is 9.09. The first kappa shape index (κ1) is 18.7. The molecule has 0 aromatic heterocycles. The maximum Gasteiger partial charge on any atom is 0.321 e. The number of anilines is 1. The second-order valence-electron chi connectivity index (χ2n) is 6.13. The smallest absolute Gasteiger partial charge is 0.321 e. The fourth-order valence-corrected chi connectivity index (χ4v) is 3.03. The molecule has 2 amide bonds. The molecule has 136 valence electrons. The van der Waals surface area contributed by atoms with Gasteiger partial charge in [-0.2, -0.15) is 0 Å². The minimum Gasteiger partial charge on any atom is -0.322 e. The van der Waals surface area contributed by atoms with Gasteiger partial charge in [0.1, 0.15) is 0 Å². The van der Waals surface area contributed by atoms with Gasteiger partial charge in [0.05, 0.1) is 6.54 Å². The van der Waals surface area contributed by atoms with Crippen molar-refractivity contribution in [2.45, 2.75) is 0 Å². The van der Waals surface area contributed by atoms with Gasteiger partial charge in [0, 0.05) is 47.5 Å². The molecule has 0 radical (unpaired) electrons. The highest BCUT2D eigenvalue weighted by Crippen LogP contribution is 2.15. The van der Waals surface area contributed by atoms with Crippen LogP contribution in [0.25, 0.3) is 0 Å². The molecule has 2 aromatic rings. The molecule has 0 saturated carbocycles. The molecular formula is C19H19Cl2N3O2. The number of carbonyl (C=O) groups excluding carboxylic acids is 2. The first-order valence-electron chi connectivity index (χ1n) is 8.34. The van der Waals surface area contributed by atoms with Crippen molar-refractivity contribution in [2.75, 3.05) is 38.0 Å². The summed E-state index contributed by atoms with van der Waals surface area (Å²) in [6.07, 6.45) is 0. The van der Waals surface area contributed by atoms with Crippen LogP contribution < -0.4 is 5.32 Å². The van der Waals surface area contributed by atoms with E-state index in [9.17, 15) is 9.59 Å². The maximum absolute atomic E-state index is 12.3. The Morgan fingerprint density at radius 3 is 1.96 bits per heavy atom. The van der Waals surface area contributed by atoms with Crippen LogP contribution >= 0.6 is 23.2 Å². The Kier molecular flexibility index (Phi) is 6.14. The molecule has 3 rings (SSSR count). The number of nitrogens with zero attached hydrogens (tertiary/aromatic N) is 2. The van der Waals surface area contributed by atoms with Gasteiger partial charge >= 0.3 is 6.03 Å². The SMILES string of the molecule is O=C(CN1CCN(C(=O)Nc2ccc(Cl)cc2)CC1)c1ccc(Cl)cc1. The van der Waals surface area contributed by atoms with Crippen molar-refractivity contribution in [1.29, 1.82) is 0 Å². The Labute approximate surface area is 162 Å². The van der Waals surface area contributed by atoms with Crippen molar-refractivity contribution >= 4 is 40.7 Å². The second-order valence-corrected chi connectivity index (χ2v) is 7.00. The van der Waals surface area contributed by atoms with Crippen LogP contribution in [0.5, 0.6) is 0 Å². The quantitative estimate of drug-likeness (QED) is 0.800. The summed E-state index contributed by atoms with van der Waals surface area (Å²) in [6, 6.07) is 13.8. The third-order valence-electron chi connectivity index (χ3n) is 4.29. The molecule has 2 aromatic carbocycles. The lowest BCUT2D eigenvalue weighted by Gasteiger charge is -2.34. The molecule has 1 saturated heterocycles. The number of hydrogen-bond donors (Lipinski definition) is 1. The standard InChI is InChI=1S/C19H19Cl2N3O2/c20-15-3-1-14(2-4-15)18(25)13-23-9-11-24(12-10-23)19(26)22-17-7-5-16(21)6-8-17/h1-8H,9-13H2,(H,22,26). The number of benzene rings is 2. The predicted molar refractivity (Wildman–Crippen MR) is 104 cm³/mol. The molecule has 1 fully saturated rings. The Morgan fingerprint density at radius 1 is 0.846 bits per heavy atom. The number of urea groups is 1. The van der Waals surface area contributed by atoms with Crippen LogP contribution in [-0.4, -0.2) is 54.3 Å². The van der Waals surface area contributed by atoms with Crippen LogP contribution in [0.15, 0.2) is 48.5 Å². The summed E-state index contributed by atoms with van der Waals surface area (Å²) >= 11 is 11.7. The van der Waals surface area contributed by atoms with E-state index < -0.39 is 0 Å². The molecule has 1 N–H and O–H groups in total. The van der Waals surface area contributed by atoms with Gasteiger partial charge in [-0.05, 0) is 48.5 Å². The van der Waals surface area contributed by atoms with Crippen molar-refractivity contribution in [3.05, 3.63) is 64.1 Å². The molecule has 0 bridgehead atoms. The average Bonchev–Trinajstić information content (AvgIpc) is 2.64. The average molecular weight is 392 g/mol. The number of ketones is 1. The van der Waals surface area contributed by atoms with E-state index in [4.69, 9.17) is 23.2 Å². The van der Waals surface area contributed by atoms with Gasteiger partial charge in [-0.3, -0.25) is 9.69 Å². The number of rotatable bonds is 4. The van der Waals surface area contributed by atoms with E-state index in [2.05, 4.69) is 10.2 Å². The summed E-state index contributed by atoms with van der Waals surface area (Å²) in [4.78, 5) is 28.4. The molecule has 26 heavy (non-hydrogen) atoms. The zero-order valence-electron chi connectivity index (χ0n) is 14.1. The fourth-order valence-electron chi connectivity index (χ4n) is 2.77. The van der Waals surface area contributed by atoms with Crippen molar-refractivity contribution in [3.8, 4) is 0 Å². The van der Waals surface area contributed by atoms with Gasteiger partial charge in [-0.15, -0.1) is 0 Å². The molecule has 0 unspecified atom stereocenters. The Balaban J connectivity index is 1.47. The number of nitrogens with one attached hydrogen (secondary N) is 1. The van der Waals surface area contributed by atoms with Gasteiger partial charge in [0.25, 0.3) is 0 Å². The lowest BCUT2D eigenvalue weighted by Crippen LogP contribution is -2.51. The van der Waals surface area contributed by atoms with Crippen LogP contribution in [0.3, 0.4) is 0 Å². The molecule has 0 aliphatic carbocycles. The molecule has 0 spiro atoms. The van der Waals surface area contributed by atoms with Crippen LogP contribution in [0.2, 0.25) is 10.0 Å². The molecule has 5 nitrogen and oxygen atoms in total. The highest BCUT2D eigenvalue weighted by Gasteiger charge is 2.22. The van der Waals surface area contributed by atoms with E-state index >= 15 is 0 Å². The summed E-state index contributed by atoms with van der Waals surface area (Å²) < 4.78 is 0. The van der Waals surface area contributed by atoms with Crippen LogP contribution in [0.1, 0.15) is 10.4 Å². The van der Waals surface area contributed by atoms with Gasteiger partial charge in [0.15, 0.2) is 5.78 Å². The minimum absolute atomic E-state index is 0.0562. The first-order chi connectivity index (χ1) is 12.5. The summed E-state index contributed by atoms with van der Waals surface area (Å²) in [7, 11) is 0. The summed E-state index contributed by atoms with van der Waals surface area (Å²) in [5.41, 5.74) is 1.36. The molecular weight excluding hydrogens is 373 g/mol. The number of amides is 2. The molecule has 0 atom stereocenters. The van der Waals surface area contributed by atoms with Crippen molar-refractivity contribution in [3.63, 3.8) is 0 Å². The number of halogens is 2.